The summed E-state index contributed by atoms with van der Waals surface area (Å²) >= 11 is 0. The first-order chi connectivity index (χ1) is 11.6. The molecule has 1 aromatic carbocycles. The van der Waals surface area contributed by atoms with Gasteiger partial charge in [-0.15, -0.1) is 0 Å². The quantitative estimate of drug-likeness (QED) is 0.937. The molecule has 2 aromatic rings. The van der Waals surface area contributed by atoms with Crippen LogP contribution in [0.15, 0.2) is 48.7 Å². The zero-order valence-electron chi connectivity index (χ0n) is 13.9. The smallest absolute Gasteiger partial charge is 0.227 e. The number of carbonyl (C=O) groups is 1. The largest absolute Gasteiger partial charge is 0.508 e. The number of piperazine rings is 1. The molecule has 1 N–H and O–H groups in total. The van der Waals surface area contributed by atoms with E-state index in [4.69, 9.17) is 0 Å². The molecule has 5 heteroatoms. The Hall–Kier alpha value is -2.40. The monoisotopic (exact) mass is 325 g/mol. The molecular weight excluding hydrogens is 302 g/mol. The molecule has 2 heterocycles. The third-order valence-corrected chi connectivity index (χ3v) is 4.62. The minimum atomic E-state index is 0.144. The van der Waals surface area contributed by atoms with Crippen molar-refractivity contribution in [2.24, 2.45) is 0 Å². The maximum atomic E-state index is 12.4. The Balaban J connectivity index is 1.53. The number of pyridine rings is 1. The molecule has 1 aromatic heterocycles. The van der Waals surface area contributed by atoms with Crippen LogP contribution in [0.5, 0.6) is 5.75 Å². The van der Waals surface area contributed by atoms with E-state index in [1.165, 1.54) is 0 Å². The van der Waals surface area contributed by atoms with Gasteiger partial charge in [-0.3, -0.25) is 14.7 Å². The van der Waals surface area contributed by atoms with Crippen molar-refractivity contribution in [1.82, 2.24) is 14.8 Å². The van der Waals surface area contributed by atoms with Crippen molar-refractivity contribution in [3.8, 4) is 5.75 Å². The van der Waals surface area contributed by atoms with Gasteiger partial charge in [0.05, 0.1) is 12.1 Å². The van der Waals surface area contributed by atoms with Crippen molar-refractivity contribution in [2.45, 2.75) is 19.4 Å². The molecule has 1 aliphatic heterocycles. The van der Waals surface area contributed by atoms with Gasteiger partial charge in [-0.05, 0) is 36.8 Å². The second-order valence-electron chi connectivity index (χ2n) is 6.19. The van der Waals surface area contributed by atoms with Crippen LogP contribution in [-0.2, 0) is 11.2 Å². The molecule has 126 valence electrons. The lowest BCUT2D eigenvalue weighted by Crippen LogP contribution is -2.49. The molecule has 1 aliphatic rings. The summed E-state index contributed by atoms with van der Waals surface area (Å²) in [6.07, 6.45) is 2.21. The molecule has 0 unspecified atom stereocenters. The van der Waals surface area contributed by atoms with Crippen molar-refractivity contribution < 1.29 is 9.90 Å². The van der Waals surface area contributed by atoms with E-state index in [1.807, 2.05) is 29.3 Å². The number of carbonyl (C=O) groups excluding carboxylic acids is 1. The number of phenolic OH excluding ortho intramolecular Hbond substituents is 1. The zero-order valence-corrected chi connectivity index (χ0v) is 13.9. The Labute approximate surface area is 142 Å². The van der Waals surface area contributed by atoms with Gasteiger partial charge in [0.25, 0.3) is 0 Å². The highest BCUT2D eigenvalue weighted by atomic mass is 16.3. The van der Waals surface area contributed by atoms with Crippen LogP contribution in [0.1, 0.15) is 24.2 Å². The van der Waals surface area contributed by atoms with E-state index in [-0.39, 0.29) is 17.7 Å². The lowest BCUT2D eigenvalue weighted by Gasteiger charge is -2.37. The normalized spacial score (nSPS) is 16.8. The zero-order chi connectivity index (χ0) is 16.9. The summed E-state index contributed by atoms with van der Waals surface area (Å²) in [7, 11) is 0. The molecule has 5 nitrogen and oxygen atoms in total. The van der Waals surface area contributed by atoms with Crippen LogP contribution in [-0.4, -0.2) is 52.0 Å². The number of phenols is 1. The number of aromatic hydroxyl groups is 1. The van der Waals surface area contributed by atoms with Crippen LogP contribution in [0.3, 0.4) is 0 Å². The predicted molar refractivity (Wildman–Crippen MR) is 92.6 cm³/mol. The molecule has 1 amide bonds. The van der Waals surface area contributed by atoms with E-state index in [0.29, 0.717) is 6.42 Å². The van der Waals surface area contributed by atoms with Gasteiger partial charge >= 0.3 is 0 Å². The predicted octanol–water partition coefficient (Wildman–Crippen LogP) is 2.24. The maximum Gasteiger partial charge on any atom is 0.227 e. The van der Waals surface area contributed by atoms with Gasteiger partial charge in [-0.2, -0.15) is 0 Å². The van der Waals surface area contributed by atoms with Gasteiger partial charge in [0.1, 0.15) is 5.75 Å². The second-order valence-corrected chi connectivity index (χ2v) is 6.19. The summed E-state index contributed by atoms with van der Waals surface area (Å²) in [6, 6.07) is 13.1. The molecule has 1 fully saturated rings. The lowest BCUT2D eigenvalue weighted by molar-refractivity contribution is -0.132. The number of hydrogen-bond acceptors (Lipinski definition) is 4. The van der Waals surface area contributed by atoms with Gasteiger partial charge in [-0.25, -0.2) is 0 Å². The summed E-state index contributed by atoms with van der Waals surface area (Å²) in [5.74, 6) is 0.370. The molecule has 0 radical (unpaired) electrons. The minimum Gasteiger partial charge on any atom is -0.508 e. The average molecular weight is 325 g/mol. The number of hydrogen-bond donors (Lipinski definition) is 1. The van der Waals surface area contributed by atoms with E-state index in [2.05, 4.69) is 16.8 Å². The second kappa shape index (κ2) is 7.45. The Morgan fingerprint density at radius 3 is 2.46 bits per heavy atom. The Morgan fingerprint density at radius 2 is 1.83 bits per heavy atom. The fourth-order valence-electron chi connectivity index (χ4n) is 3.07. The maximum absolute atomic E-state index is 12.4. The van der Waals surface area contributed by atoms with Crippen LogP contribution in [0, 0.1) is 0 Å². The topological polar surface area (TPSA) is 56.7 Å². The average Bonchev–Trinajstić information content (AvgIpc) is 2.64. The number of aromatic nitrogens is 1. The number of rotatable bonds is 4. The Bertz CT molecular complexity index is 665. The molecule has 1 atom stereocenters. The third kappa shape index (κ3) is 3.92. The van der Waals surface area contributed by atoms with Crippen LogP contribution < -0.4 is 0 Å². The first-order valence-corrected chi connectivity index (χ1v) is 8.34. The van der Waals surface area contributed by atoms with E-state index >= 15 is 0 Å². The van der Waals surface area contributed by atoms with Crippen molar-refractivity contribution >= 4 is 5.91 Å². The van der Waals surface area contributed by atoms with Gasteiger partial charge < -0.3 is 10.0 Å². The number of benzene rings is 1. The summed E-state index contributed by atoms with van der Waals surface area (Å²) < 4.78 is 0. The van der Waals surface area contributed by atoms with Crippen molar-refractivity contribution in [3.63, 3.8) is 0 Å². The molecule has 0 saturated carbocycles. The Morgan fingerprint density at radius 1 is 1.12 bits per heavy atom. The molecule has 0 aliphatic carbocycles. The highest BCUT2D eigenvalue weighted by Gasteiger charge is 2.25. The SMILES string of the molecule is C[C@H](c1ccccn1)N1CCN(C(=O)Cc2ccc(O)cc2)CC1. The molecule has 3 rings (SSSR count). The number of nitrogens with zero attached hydrogens (tertiary/aromatic N) is 3. The first-order valence-electron chi connectivity index (χ1n) is 8.34. The van der Waals surface area contributed by atoms with Crippen LogP contribution in [0.25, 0.3) is 0 Å². The minimum absolute atomic E-state index is 0.144. The molecule has 1 saturated heterocycles. The molecule has 24 heavy (non-hydrogen) atoms. The first kappa shape index (κ1) is 16.5. The van der Waals surface area contributed by atoms with Gasteiger partial charge in [0, 0.05) is 38.4 Å². The van der Waals surface area contributed by atoms with Gasteiger partial charge in [0.15, 0.2) is 0 Å². The van der Waals surface area contributed by atoms with E-state index in [0.717, 1.165) is 37.4 Å². The van der Waals surface area contributed by atoms with Crippen molar-refractivity contribution in [1.29, 1.82) is 0 Å². The Kier molecular flexibility index (Phi) is 5.11. The number of amides is 1. The molecular formula is C19H23N3O2. The fraction of sp³-hybridized carbons (Fsp3) is 0.368. The molecule has 0 bridgehead atoms. The standard InChI is InChI=1S/C19H23N3O2/c1-15(18-4-2-3-9-20-18)21-10-12-22(13-11-21)19(24)14-16-5-7-17(23)8-6-16/h2-9,15,23H,10-14H2,1H3/t15-/m1/s1. The molecule has 0 spiro atoms. The van der Waals surface area contributed by atoms with E-state index in [9.17, 15) is 9.90 Å². The van der Waals surface area contributed by atoms with E-state index < -0.39 is 0 Å². The van der Waals surface area contributed by atoms with Crippen LogP contribution in [0.2, 0.25) is 0 Å². The highest BCUT2D eigenvalue weighted by Crippen LogP contribution is 2.20. The fourth-order valence-corrected chi connectivity index (χ4v) is 3.07. The van der Waals surface area contributed by atoms with Crippen molar-refractivity contribution in [2.75, 3.05) is 26.2 Å². The summed E-state index contributed by atoms with van der Waals surface area (Å²) in [5, 5.41) is 9.31. The van der Waals surface area contributed by atoms with E-state index in [1.54, 1.807) is 24.3 Å². The van der Waals surface area contributed by atoms with Gasteiger partial charge in [0.2, 0.25) is 5.91 Å². The van der Waals surface area contributed by atoms with Crippen LogP contribution in [0.4, 0.5) is 0 Å². The highest BCUT2D eigenvalue weighted by molar-refractivity contribution is 5.78. The third-order valence-electron chi connectivity index (χ3n) is 4.62. The van der Waals surface area contributed by atoms with Gasteiger partial charge in [-0.1, -0.05) is 18.2 Å². The summed E-state index contributed by atoms with van der Waals surface area (Å²) in [5.41, 5.74) is 2.00. The lowest BCUT2D eigenvalue weighted by atomic mass is 10.1. The summed E-state index contributed by atoms with van der Waals surface area (Å²) in [6.45, 7) is 5.37. The summed E-state index contributed by atoms with van der Waals surface area (Å²) in [4.78, 5) is 21.2. The van der Waals surface area contributed by atoms with Crippen molar-refractivity contribution in [3.05, 3.63) is 59.9 Å². The van der Waals surface area contributed by atoms with Crippen LogP contribution >= 0.6 is 0 Å².